The van der Waals surface area contributed by atoms with Crippen LogP contribution in [0.4, 0.5) is 13.2 Å². The molecule has 0 bridgehead atoms. The highest BCUT2D eigenvalue weighted by molar-refractivity contribution is 5.85. The number of aromatic nitrogens is 2. The lowest BCUT2D eigenvalue weighted by Crippen LogP contribution is -2.35. The highest BCUT2D eigenvalue weighted by Crippen LogP contribution is 2.29. The van der Waals surface area contributed by atoms with Crippen molar-refractivity contribution in [1.29, 1.82) is 0 Å². The summed E-state index contributed by atoms with van der Waals surface area (Å²) >= 11 is 0. The summed E-state index contributed by atoms with van der Waals surface area (Å²) in [6.45, 7) is 1.37. The fraction of sp³-hybridized carbons (Fsp3) is 0.444. The van der Waals surface area contributed by atoms with Gasteiger partial charge < -0.3 is 10.1 Å². The molecule has 3 rings (SSSR count). The van der Waals surface area contributed by atoms with Crippen LogP contribution in [0.25, 0.3) is 0 Å². The molecule has 1 atom stereocenters. The Morgan fingerprint density at radius 2 is 2.00 bits per heavy atom. The Morgan fingerprint density at radius 3 is 2.56 bits per heavy atom. The predicted octanol–water partition coefficient (Wildman–Crippen LogP) is 3.21. The molecule has 0 radical (unpaired) electrons. The lowest BCUT2D eigenvalue weighted by atomic mass is 9.95. The van der Waals surface area contributed by atoms with Gasteiger partial charge in [-0.05, 0) is 43.1 Å². The minimum atomic E-state index is -4.71. The van der Waals surface area contributed by atoms with Crippen LogP contribution in [0, 0.1) is 0 Å². The third kappa shape index (κ3) is 5.01. The molecule has 1 saturated heterocycles. The topological polar surface area (TPSA) is 56.1 Å². The van der Waals surface area contributed by atoms with Crippen molar-refractivity contribution in [1.82, 2.24) is 15.1 Å². The minimum absolute atomic E-state index is 0. The van der Waals surface area contributed by atoms with Crippen LogP contribution in [0.5, 0.6) is 5.75 Å². The zero-order valence-corrected chi connectivity index (χ0v) is 15.6. The van der Waals surface area contributed by atoms with Gasteiger partial charge in [-0.2, -0.15) is 18.3 Å². The van der Waals surface area contributed by atoms with Crippen LogP contribution >= 0.6 is 12.4 Å². The maximum atomic E-state index is 13.3. The van der Waals surface area contributed by atoms with E-state index >= 15 is 0 Å². The van der Waals surface area contributed by atoms with Crippen molar-refractivity contribution in [2.24, 2.45) is 0 Å². The Labute approximate surface area is 160 Å². The third-order valence-electron chi connectivity index (χ3n) is 4.51. The van der Waals surface area contributed by atoms with Crippen molar-refractivity contribution in [3.8, 4) is 5.75 Å². The van der Waals surface area contributed by atoms with Crippen LogP contribution in [0.2, 0.25) is 0 Å². The number of hydrogen-bond donors (Lipinski definition) is 1. The van der Waals surface area contributed by atoms with Gasteiger partial charge in [0.15, 0.2) is 0 Å². The van der Waals surface area contributed by atoms with E-state index in [9.17, 15) is 18.0 Å². The lowest BCUT2D eigenvalue weighted by Gasteiger charge is -2.23. The highest BCUT2D eigenvalue weighted by Gasteiger charge is 2.36. The number of nitrogens with zero attached hydrogens (tertiary/aromatic N) is 2. The number of alkyl halides is 3. The average Bonchev–Trinajstić information content (AvgIpc) is 2.64. The molecule has 1 aliphatic rings. The second-order valence-electron chi connectivity index (χ2n) is 6.33. The molecule has 9 heteroatoms. The first-order valence-corrected chi connectivity index (χ1v) is 8.41. The summed E-state index contributed by atoms with van der Waals surface area (Å²) in [4.78, 5) is 12.3. The second kappa shape index (κ2) is 8.75. The molecular weight excluding hydrogens is 383 g/mol. The Kier molecular flexibility index (Phi) is 6.89. The van der Waals surface area contributed by atoms with Gasteiger partial charge in [0, 0.05) is 12.5 Å². The van der Waals surface area contributed by atoms with Crippen molar-refractivity contribution in [2.75, 3.05) is 20.2 Å². The SMILES string of the molecule is COc1ccc(Cn2nc(C3CCCNC3)cc(C(F)(F)F)c2=O)cc1.Cl. The average molecular weight is 404 g/mol. The van der Waals surface area contributed by atoms with E-state index in [4.69, 9.17) is 4.74 Å². The van der Waals surface area contributed by atoms with Crippen molar-refractivity contribution in [2.45, 2.75) is 31.5 Å². The molecule has 1 aromatic heterocycles. The lowest BCUT2D eigenvalue weighted by molar-refractivity contribution is -0.139. The van der Waals surface area contributed by atoms with Gasteiger partial charge in [0.1, 0.15) is 11.3 Å². The Morgan fingerprint density at radius 1 is 1.30 bits per heavy atom. The van der Waals surface area contributed by atoms with Gasteiger partial charge in [-0.15, -0.1) is 12.4 Å². The van der Waals surface area contributed by atoms with Crippen LogP contribution in [0.1, 0.15) is 35.6 Å². The first-order valence-electron chi connectivity index (χ1n) is 8.41. The Bertz CT molecular complexity index is 816. The van der Waals surface area contributed by atoms with E-state index in [0.717, 1.165) is 30.1 Å². The summed E-state index contributed by atoms with van der Waals surface area (Å²) in [6, 6.07) is 7.70. The molecule has 2 heterocycles. The zero-order chi connectivity index (χ0) is 18.7. The molecule has 1 aliphatic heterocycles. The van der Waals surface area contributed by atoms with Gasteiger partial charge in [0.05, 0.1) is 19.3 Å². The maximum absolute atomic E-state index is 13.3. The third-order valence-corrected chi connectivity index (χ3v) is 4.51. The highest BCUT2D eigenvalue weighted by atomic mass is 35.5. The van der Waals surface area contributed by atoms with Crippen LogP contribution in [0.15, 0.2) is 35.1 Å². The van der Waals surface area contributed by atoms with E-state index in [2.05, 4.69) is 10.4 Å². The number of rotatable bonds is 4. The molecule has 0 spiro atoms. The maximum Gasteiger partial charge on any atom is 0.421 e. The molecule has 1 fully saturated rings. The van der Waals surface area contributed by atoms with Gasteiger partial charge in [0.25, 0.3) is 5.56 Å². The number of piperidine rings is 1. The van der Waals surface area contributed by atoms with E-state index in [0.29, 0.717) is 23.6 Å². The van der Waals surface area contributed by atoms with Gasteiger partial charge >= 0.3 is 6.18 Å². The molecular formula is C18H21ClF3N3O2. The standard InChI is InChI=1S/C18H20F3N3O2.ClH/c1-26-14-6-4-12(5-7-14)11-24-17(25)15(18(19,20)21)9-16(23-24)13-3-2-8-22-10-13;/h4-7,9,13,22H,2-3,8,10-11H2,1H3;1H. The molecule has 2 aromatic rings. The van der Waals surface area contributed by atoms with Gasteiger partial charge in [-0.25, -0.2) is 4.68 Å². The van der Waals surface area contributed by atoms with E-state index < -0.39 is 17.3 Å². The van der Waals surface area contributed by atoms with Crippen molar-refractivity contribution >= 4 is 12.4 Å². The summed E-state index contributed by atoms with van der Waals surface area (Å²) in [5, 5.41) is 7.41. The molecule has 0 aliphatic carbocycles. The first-order chi connectivity index (χ1) is 12.4. The number of ether oxygens (including phenoxy) is 1. The van der Waals surface area contributed by atoms with Gasteiger partial charge in [-0.3, -0.25) is 4.79 Å². The quantitative estimate of drug-likeness (QED) is 0.851. The van der Waals surface area contributed by atoms with E-state index in [-0.39, 0.29) is 24.9 Å². The number of nitrogens with one attached hydrogen (secondary N) is 1. The van der Waals surface area contributed by atoms with Gasteiger partial charge in [0.2, 0.25) is 0 Å². The smallest absolute Gasteiger partial charge is 0.421 e. The zero-order valence-electron chi connectivity index (χ0n) is 14.8. The van der Waals surface area contributed by atoms with E-state index in [1.165, 1.54) is 7.11 Å². The van der Waals surface area contributed by atoms with Crippen LogP contribution < -0.4 is 15.6 Å². The normalized spacial score (nSPS) is 17.3. The molecule has 148 valence electrons. The fourth-order valence-electron chi connectivity index (χ4n) is 3.08. The molecule has 27 heavy (non-hydrogen) atoms. The summed E-state index contributed by atoms with van der Waals surface area (Å²) in [6.07, 6.45) is -3.10. The van der Waals surface area contributed by atoms with Crippen LogP contribution in [-0.4, -0.2) is 30.0 Å². The molecule has 1 N–H and O–H groups in total. The van der Waals surface area contributed by atoms with Crippen molar-refractivity contribution in [3.63, 3.8) is 0 Å². The summed E-state index contributed by atoms with van der Waals surface area (Å²) < 4.78 is 46.0. The molecule has 1 aromatic carbocycles. The predicted molar refractivity (Wildman–Crippen MR) is 97.7 cm³/mol. The van der Waals surface area contributed by atoms with Crippen LogP contribution in [-0.2, 0) is 12.7 Å². The largest absolute Gasteiger partial charge is 0.497 e. The molecule has 0 saturated carbocycles. The number of benzene rings is 1. The summed E-state index contributed by atoms with van der Waals surface area (Å²) in [5.74, 6) is 0.500. The number of methoxy groups -OCH3 is 1. The van der Waals surface area contributed by atoms with Crippen LogP contribution in [0.3, 0.4) is 0 Å². The monoisotopic (exact) mass is 403 g/mol. The second-order valence-corrected chi connectivity index (χ2v) is 6.33. The Balaban J connectivity index is 0.00000261. The minimum Gasteiger partial charge on any atom is -0.497 e. The molecule has 0 amide bonds. The Hall–Kier alpha value is -2.06. The van der Waals surface area contributed by atoms with Gasteiger partial charge in [-0.1, -0.05) is 12.1 Å². The number of hydrogen-bond acceptors (Lipinski definition) is 4. The van der Waals surface area contributed by atoms with Crippen molar-refractivity contribution < 1.29 is 17.9 Å². The van der Waals surface area contributed by atoms with E-state index in [1.807, 2.05) is 0 Å². The number of halogens is 4. The molecule has 5 nitrogen and oxygen atoms in total. The van der Waals surface area contributed by atoms with E-state index in [1.54, 1.807) is 24.3 Å². The fourth-order valence-corrected chi connectivity index (χ4v) is 3.08. The summed E-state index contributed by atoms with van der Waals surface area (Å²) in [7, 11) is 1.53. The summed E-state index contributed by atoms with van der Waals surface area (Å²) in [5.41, 5.74) is -1.31. The molecule has 1 unspecified atom stereocenters. The van der Waals surface area contributed by atoms with Crippen molar-refractivity contribution in [3.05, 3.63) is 57.5 Å². The first kappa shape index (κ1) is 21.2.